The van der Waals surface area contributed by atoms with E-state index in [2.05, 4.69) is 0 Å². The first-order chi connectivity index (χ1) is 7.33. The topological polar surface area (TPSA) is 35.5 Å². The van der Waals surface area contributed by atoms with E-state index < -0.39 is 0 Å². The summed E-state index contributed by atoms with van der Waals surface area (Å²) in [6.45, 7) is 0.549. The van der Waals surface area contributed by atoms with Gasteiger partial charge >= 0.3 is 0 Å². The Hall–Kier alpha value is -1.42. The fourth-order valence-corrected chi connectivity index (χ4v) is 1.66. The van der Waals surface area contributed by atoms with Crippen molar-refractivity contribution >= 4 is 6.29 Å². The predicted molar refractivity (Wildman–Crippen MR) is 51.1 cm³/mol. The van der Waals surface area contributed by atoms with Crippen LogP contribution in [0, 0.1) is 5.82 Å². The van der Waals surface area contributed by atoms with Gasteiger partial charge in [-0.1, -0.05) is 0 Å². The SMILES string of the molecule is O=CCCc1c(F)ccc2c1COCO2. The van der Waals surface area contributed by atoms with E-state index in [0.717, 1.165) is 11.8 Å². The van der Waals surface area contributed by atoms with E-state index in [4.69, 9.17) is 9.47 Å². The van der Waals surface area contributed by atoms with Crippen LogP contribution in [0.4, 0.5) is 4.39 Å². The Balaban J connectivity index is 2.36. The van der Waals surface area contributed by atoms with E-state index >= 15 is 0 Å². The number of hydrogen-bond acceptors (Lipinski definition) is 3. The minimum absolute atomic E-state index is 0.200. The normalized spacial score (nSPS) is 14.2. The number of aldehydes is 1. The smallest absolute Gasteiger partial charge is 0.189 e. The maximum Gasteiger partial charge on any atom is 0.189 e. The zero-order chi connectivity index (χ0) is 10.7. The standard InChI is InChI=1S/C11H11FO3/c12-10-3-4-11-9(6-14-7-15-11)8(10)2-1-5-13/h3-5H,1-2,6-7H2. The number of benzene rings is 1. The van der Waals surface area contributed by atoms with E-state index in [1.807, 2.05) is 0 Å². The van der Waals surface area contributed by atoms with Crippen molar-refractivity contribution in [2.45, 2.75) is 19.4 Å². The molecule has 0 saturated carbocycles. The minimum atomic E-state index is -0.301. The van der Waals surface area contributed by atoms with Gasteiger partial charge in [0.2, 0.25) is 0 Å². The van der Waals surface area contributed by atoms with Crippen molar-refractivity contribution in [1.29, 1.82) is 0 Å². The fraction of sp³-hybridized carbons (Fsp3) is 0.364. The molecule has 4 heteroatoms. The summed E-state index contributed by atoms with van der Waals surface area (Å²) in [6, 6.07) is 2.96. The van der Waals surface area contributed by atoms with Crippen molar-refractivity contribution in [1.82, 2.24) is 0 Å². The third-order valence-corrected chi connectivity index (χ3v) is 2.39. The van der Waals surface area contributed by atoms with Crippen LogP contribution < -0.4 is 4.74 Å². The lowest BCUT2D eigenvalue weighted by Crippen LogP contribution is -2.14. The van der Waals surface area contributed by atoms with Crippen LogP contribution in [-0.4, -0.2) is 13.1 Å². The van der Waals surface area contributed by atoms with Crippen LogP contribution >= 0.6 is 0 Å². The van der Waals surface area contributed by atoms with Gasteiger partial charge in [-0.05, 0) is 24.1 Å². The highest BCUT2D eigenvalue weighted by molar-refractivity contribution is 5.51. The highest BCUT2D eigenvalue weighted by Crippen LogP contribution is 2.29. The van der Waals surface area contributed by atoms with Gasteiger partial charge in [0.15, 0.2) is 6.79 Å². The van der Waals surface area contributed by atoms with Crippen LogP contribution in [0.3, 0.4) is 0 Å². The monoisotopic (exact) mass is 210 g/mol. The molecule has 1 aromatic rings. The summed E-state index contributed by atoms with van der Waals surface area (Å²) < 4.78 is 23.8. The van der Waals surface area contributed by atoms with Crippen molar-refractivity contribution in [2.24, 2.45) is 0 Å². The highest BCUT2D eigenvalue weighted by Gasteiger charge is 2.17. The molecule has 1 aliphatic rings. The van der Waals surface area contributed by atoms with Crippen molar-refractivity contribution in [3.63, 3.8) is 0 Å². The number of hydrogen-bond donors (Lipinski definition) is 0. The lowest BCUT2D eigenvalue weighted by Gasteiger charge is -2.20. The molecule has 1 heterocycles. The van der Waals surface area contributed by atoms with E-state index in [0.29, 0.717) is 30.8 Å². The first kappa shape index (κ1) is 10.1. The molecule has 0 unspecified atom stereocenters. The van der Waals surface area contributed by atoms with Crippen molar-refractivity contribution < 1.29 is 18.7 Å². The summed E-state index contributed by atoms with van der Waals surface area (Å²) in [7, 11) is 0. The molecule has 0 aromatic heterocycles. The maximum absolute atomic E-state index is 13.5. The highest BCUT2D eigenvalue weighted by atomic mass is 19.1. The van der Waals surface area contributed by atoms with Gasteiger partial charge in [-0.3, -0.25) is 0 Å². The molecule has 2 rings (SSSR count). The Morgan fingerprint density at radius 1 is 1.47 bits per heavy atom. The number of rotatable bonds is 3. The van der Waals surface area contributed by atoms with Gasteiger partial charge in [0.05, 0.1) is 6.61 Å². The molecule has 0 spiro atoms. The number of ether oxygens (including phenoxy) is 2. The molecule has 0 N–H and O–H groups in total. The number of carbonyl (C=O) groups excluding carboxylic acids is 1. The van der Waals surface area contributed by atoms with E-state index in [1.54, 1.807) is 6.07 Å². The van der Waals surface area contributed by atoms with Crippen molar-refractivity contribution in [3.8, 4) is 5.75 Å². The molecular formula is C11H11FO3. The average Bonchev–Trinajstić information content (AvgIpc) is 2.28. The summed E-state index contributed by atoms with van der Waals surface area (Å²) in [4.78, 5) is 10.3. The van der Waals surface area contributed by atoms with Crippen LogP contribution in [0.25, 0.3) is 0 Å². The molecule has 0 saturated heterocycles. The van der Waals surface area contributed by atoms with Crippen molar-refractivity contribution in [2.75, 3.05) is 6.79 Å². The summed E-state index contributed by atoms with van der Waals surface area (Å²) in [5.41, 5.74) is 1.25. The maximum atomic E-state index is 13.5. The second-order valence-electron chi connectivity index (χ2n) is 3.32. The second kappa shape index (κ2) is 4.40. The molecule has 1 aliphatic heterocycles. The van der Waals surface area contributed by atoms with Gasteiger partial charge in [-0.15, -0.1) is 0 Å². The van der Waals surface area contributed by atoms with Gasteiger partial charge < -0.3 is 14.3 Å². The van der Waals surface area contributed by atoms with Crippen LogP contribution in [0.1, 0.15) is 17.5 Å². The fourth-order valence-electron chi connectivity index (χ4n) is 1.66. The summed E-state index contributed by atoms with van der Waals surface area (Å²) in [5, 5.41) is 0. The van der Waals surface area contributed by atoms with Crippen LogP contribution in [0.5, 0.6) is 5.75 Å². The molecule has 15 heavy (non-hydrogen) atoms. The minimum Gasteiger partial charge on any atom is -0.467 e. The third-order valence-electron chi connectivity index (χ3n) is 2.39. The third kappa shape index (κ3) is 1.99. The van der Waals surface area contributed by atoms with Crippen LogP contribution in [-0.2, 0) is 22.6 Å². The van der Waals surface area contributed by atoms with Gasteiger partial charge in [0, 0.05) is 12.0 Å². The van der Waals surface area contributed by atoms with E-state index in [1.165, 1.54) is 6.07 Å². The predicted octanol–water partition coefficient (Wildman–Crippen LogP) is 1.82. The van der Waals surface area contributed by atoms with Gasteiger partial charge in [0.1, 0.15) is 17.9 Å². The molecule has 0 radical (unpaired) electrons. The van der Waals surface area contributed by atoms with Crippen LogP contribution in [0.2, 0.25) is 0 Å². The van der Waals surface area contributed by atoms with Crippen molar-refractivity contribution in [3.05, 3.63) is 29.1 Å². The van der Waals surface area contributed by atoms with Gasteiger partial charge in [0.25, 0.3) is 0 Å². The molecule has 0 amide bonds. The van der Waals surface area contributed by atoms with Crippen LogP contribution in [0.15, 0.2) is 12.1 Å². The first-order valence-corrected chi connectivity index (χ1v) is 4.77. The Morgan fingerprint density at radius 2 is 2.33 bits per heavy atom. The average molecular weight is 210 g/mol. The molecule has 3 nitrogen and oxygen atoms in total. The molecule has 1 aromatic carbocycles. The Morgan fingerprint density at radius 3 is 3.13 bits per heavy atom. The summed E-state index contributed by atoms with van der Waals surface area (Å²) >= 11 is 0. The Kier molecular flexibility index (Phi) is 2.97. The van der Waals surface area contributed by atoms with Gasteiger partial charge in [-0.2, -0.15) is 0 Å². The lowest BCUT2D eigenvalue weighted by atomic mass is 10.0. The molecule has 0 atom stereocenters. The molecule has 0 bridgehead atoms. The van der Waals surface area contributed by atoms with E-state index in [9.17, 15) is 9.18 Å². The quantitative estimate of drug-likeness (QED) is 0.714. The molecule has 0 aliphatic carbocycles. The summed E-state index contributed by atoms with van der Waals surface area (Å²) in [5.74, 6) is 0.355. The largest absolute Gasteiger partial charge is 0.467 e. The Labute approximate surface area is 86.8 Å². The second-order valence-corrected chi connectivity index (χ2v) is 3.32. The zero-order valence-corrected chi connectivity index (χ0v) is 8.16. The number of halogens is 1. The lowest BCUT2D eigenvalue weighted by molar-refractivity contribution is -0.107. The zero-order valence-electron chi connectivity index (χ0n) is 8.16. The summed E-state index contributed by atoms with van der Waals surface area (Å²) in [6.07, 6.45) is 1.49. The van der Waals surface area contributed by atoms with E-state index in [-0.39, 0.29) is 12.6 Å². The Bertz CT molecular complexity index is 376. The number of carbonyl (C=O) groups is 1. The number of fused-ring (bicyclic) bond motifs is 1. The first-order valence-electron chi connectivity index (χ1n) is 4.77. The van der Waals surface area contributed by atoms with Gasteiger partial charge in [-0.25, -0.2) is 4.39 Å². The molecule has 80 valence electrons. The molecule has 0 fully saturated rings. The molecular weight excluding hydrogens is 199 g/mol.